The van der Waals surface area contributed by atoms with Gasteiger partial charge in [-0.05, 0) is 38.6 Å². The van der Waals surface area contributed by atoms with Crippen LogP contribution in [0.3, 0.4) is 0 Å². The normalized spacial score (nSPS) is 26.5. The van der Waals surface area contributed by atoms with Crippen molar-refractivity contribution in [3.63, 3.8) is 0 Å². The molecule has 0 aromatic heterocycles. The molecule has 0 radical (unpaired) electrons. The Kier molecular flexibility index (Phi) is 5.73. The van der Waals surface area contributed by atoms with Gasteiger partial charge in [-0.1, -0.05) is 6.92 Å². The molecule has 1 aliphatic carbocycles. The number of hydrogen-bond donors (Lipinski definition) is 1. The predicted molar refractivity (Wildman–Crippen MR) is 62.8 cm³/mol. The summed E-state index contributed by atoms with van der Waals surface area (Å²) >= 11 is 0. The van der Waals surface area contributed by atoms with Crippen molar-refractivity contribution in [1.29, 1.82) is 0 Å². The maximum atomic E-state index is 12.2. The van der Waals surface area contributed by atoms with E-state index < -0.39 is 12.6 Å². The summed E-state index contributed by atoms with van der Waals surface area (Å²) in [7, 11) is 0. The summed E-state index contributed by atoms with van der Waals surface area (Å²) in [6.07, 6.45) is -0.0706. The quantitative estimate of drug-likeness (QED) is 0.815. The van der Waals surface area contributed by atoms with Crippen molar-refractivity contribution >= 4 is 0 Å². The smallest absolute Gasteiger partial charge is 0.328 e. The summed E-state index contributed by atoms with van der Waals surface area (Å²) in [5, 5.41) is 0. The van der Waals surface area contributed by atoms with Gasteiger partial charge in [-0.3, -0.25) is 0 Å². The number of halogens is 3. The minimum absolute atomic E-state index is 0.136. The summed E-state index contributed by atoms with van der Waals surface area (Å²) in [5.41, 5.74) is 5.82. The monoisotopic (exact) mass is 252 g/mol. The molecule has 1 aliphatic rings. The van der Waals surface area contributed by atoms with Gasteiger partial charge in [0.1, 0.15) is 0 Å². The molecule has 0 aromatic rings. The first-order chi connectivity index (χ1) is 7.92. The van der Waals surface area contributed by atoms with Gasteiger partial charge >= 0.3 is 6.18 Å². The van der Waals surface area contributed by atoms with Crippen LogP contribution in [0.1, 0.15) is 45.4 Å². The summed E-state index contributed by atoms with van der Waals surface area (Å²) in [4.78, 5) is 2.00. The predicted octanol–water partition coefficient (Wildman–Crippen LogP) is 2.92. The third kappa shape index (κ3) is 5.73. The van der Waals surface area contributed by atoms with Crippen LogP contribution in [0.2, 0.25) is 0 Å². The Hall–Kier alpha value is -0.290. The number of hydrogen-bond acceptors (Lipinski definition) is 2. The Morgan fingerprint density at radius 2 is 1.71 bits per heavy atom. The van der Waals surface area contributed by atoms with Crippen LogP contribution < -0.4 is 5.73 Å². The minimum Gasteiger partial charge on any atom is -0.328 e. The molecule has 0 heterocycles. The van der Waals surface area contributed by atoms with Crippen LogP contribution in [-0.2, 0) is 0 Å². The molecule has 5 heteroatoms. The third-order valence-electron chi connectivity index (χ3n) is 3.45. The average Bonchev–Trinajstić information content (AvgIpc) is 2.24. The maximum Gasteiger partial charge on any atom is 0.390 e. The molecule has 1 saturated carbocycles. The molecule has 0 atom stereocenters. The highest BCUT2D eigenvalue weighted by Crippen LogP contribution is 2.25. The SMILES string of the molecule is CCCN(CCC(F)(F)F)C1CCC(N)CC1. The van der Waals surface area contributed by atoms with E-state index in [0.29, 0.717) is 6.04 Å². The third-order valence-corrected chi connectivity index (χ3v) is 3.45. The van der Waals surface area contributed by atoms with E-state index in [0.717, 1.165) is 38.6 Å². The van der Waals surface area contributed by atoms with E-state index >= 15 is 0 Å². The fourth-order valence-electron chi connectivity index (χ4n) is 2.50. The summed E-state index contributed by atoms with van der Waals surface area (Å²) in [5.74, 6) is 0. The van der Waals surface area contributed by atoms with Crippen molar-refractivity contribution < 1.29 is 13.2 Å². The number of rotatable bonds is 5. The van der Waals surface area contributed by atoms with Crippen LogP contribution >= 0.6 is 0 Å². The van der Waals surface area contributed by atoms with Gasteiger partial charge < -0.3 is 10.6 Å². The summed E-state index contributed by atoms with van der Waals surface area (Å²) in [6.45, 7) is 2.91. The Balaban J connectivity index is 2.41. The lowest BCUT2D eigenvalue weighted by atomic mass is 9.90. The highest BCUT2D eigenvalue weighted by Gasteiger charge is 2.30. The Bertz CT molecular complexity index is 210. The fourth-order valence-corrected chi connectivity index (χ4v) is 2.50. The maximum absolute atomic E-state index is 12.2. The van der Waals surface area contributed by atoms with Crippen LogP contribution in [0.4, 0.5) is 13.2 Å². The zero-order valence-corrected chi connectivity index (χ0v) is 10.5. The molecule has 0 amide bonds. The molecule has 0 unspecified atom stereocenters. The average molecular weight is 252 g/mol. The second kappa shape index (κ2) is 6.59. The van der Waals surface area contributed by atoms with E-state index in [1.165, 1.54) is 0 Å². The highest BCUT2D eigenvalue weighted by molar-refractivity contribution is 4.81. The van der Waals surface area contributed by atoms with E-state index in [1.807, 2.05) is 11.8 Å². The Morgan fingerprint density at radius 3 is 2.18 bits per heavy atom. The van der Waals surface area contributed by atoms with Gasteiger partial charge in [-0.25, -0.2) is 0 Å². The summed E-state index contributed by atoms with van der Waals surface area (Å²) < 4.78 is 36.7. The van der Waals surface area contributed by atoms with E-state index in [-0.39, 0.29) is 12.6 Å². The Morgan fingerprint density at radius 1 is 1.12 bits per heavy atom. The first kappa shape index (κ1) is 14.8. The molecule has 2 N–H and O–H groups in total. The second-order valence-electron chi connectivity index (χ2n) is 4.97. The molecule has 17 heavy (non-hydrogen) atoms. The molecule has 0 aliphatic heterocycles. The van der Waals surface area contributed by atoms with Gasteiger partial charge in [0.05, 0.1) is 6.42 Å². The first-order valence-electron chi connectivity index (χ1n) is 6.48. The lowest BCUT2D eigenvalue weighted by Gasteiger charge is -2.36. The van der Waals surface area contributed by atoms with E-state index in [4.69, 9.17) is 5.73 Å². The Labute approximate surface area is 101 Å². The van der Waals surface area contributed by atoms with Gasteiger partial charge in [0.25, 0.3) is 0 Å². The second-order valence-corrected chi connectivity index (χ2v) is 4.97. The van der Waals surface area contributed by atoms with Gasteiger partial charge in [-0.15, -0.1) is 0 Å². The summed E-state index contributed by atoms with van der Waals surface area (Å²) in [6, 6.07) is 0.550. The first-order valence-corrected chi connectivity index (χ1v) is 6.48. The number of nitrogens with zero attached hydrogens (tertiary/aromatic N) is 1. The van der Waals surface area contributed by atoms with Crippen molar-refractivity contribution in [3.8, 4) is 0 Å². The molecule has 1 rings (SSSR count). The van der Waals surface area contributed by atoms with Crippen molar-refractivity contribution in [2.45, 2.75) is 63.7 Å². The molecule has 102 valence electrons. The van der Waals surface area contributed by atoms with Crippen LogP contribution in [0.15, 0.2) is 0 Å². The molecule has 0 saturated heterocycles. The van der Waals surface area contributed by atoms with Gasteiger partial charge in [0.15, 0.2) is 0 Å². The molecule has 0 bridgehead atoms. The standard InChI is InChI=1S/C12H23F3N2/c1-2-8-17(9-7-12(13,14)15)11-5-3-10(16)4-6-11/h10-11H,2-9,16H2,1H3. The van der Waals surface area contributed by atoms with Crippen molar-refractivity contribution in [1.82, 2.24) is 4.90 Å². The highest BCUT2D eigenvalue weighted by atomic mass is 19.4. The van der Waals surface area contributed by atoms with Crippen molar-refractivity contribution in [3.05, 3.63) is 0 Å². The lowest BCUT2D eigenvalue weighted by molar-refractivity contribution is -0.139. The number of alkyl halides is 3. The van der Waals surface area contributed by atoms with E-state index in [9.17, 15) is 13.2 Å². The molecular weight excluding hydrogens is 229 g/mol. The van der Waals surface area contributed by atoms with Gasteiger partial charge in [-0.2, -0.15) is 13.2 Å². The lowest BCUT2D eigenvalue weighted by Crippen LogP contribution is -2.42. The van der Waals surface area contributed by atoms with Gasteiger partial charge in [0, 0.05) is 18.6 Å². The molecular formula is C12H23F3N2. The molecule has 0 spiro atoms. The molecule has 0 aromatic carbocycles. The van der Waals surface area contributed by atoms with Gasteiger partial charge in [0.2, 0.25) is 0 Å². The minimum atomic E-state index is -4.04. The number of nitrogens with two attached hydrogens (primary N) is 1. The molecule has 1 fully saturated rings. The molecule has 2 nitrogen and oxygen atoms in total. The fraction of sp³-hybridized carbons (Fsp3) is 1.00. The largest absolute Gasteiger partial charge is 0.390 e. The van der Waals surface area contributed by atoms with Crippen molar-refractivity contribution in [2.75, 3.05) is 13.1 Å². The van der Waals surface area contributed by atoms with Crippen LogP contribution in [0.5, 0.6) is 0 Å². The zero-order valence-electron chi connectivity index (χ0n) is 10.5. The van der Waals surface area contributed by atoms with Crippen LogP contribution in [0, 0.1) is 0 Å². The van der Waals surface area contributed by atoms with Crippen LogP contribution in [0.25, 0.3) is 0 Å². The topological polar surface area (TPSA) is 29.3 Å². The van der Waals surface area contributed by atoms with Crippen molar-refractivity contribution in [2.24, 2.45) is 5.73 Å². The van der Waals surface area contributed by atoms with E-state index in [1.54, 1.807) is 0 Å². The van der Waals surface area contributed by atoms with Crippen LogP contribution in [-0.4, -0.2) is 36.2 Å². The zero-order chi connectivity index (χ0) is 12.9. The van der Waals surface area contributed by atoms with E-state index in [2.05, 4.69) is 0 Å².